The van der Waals surface area contributed by atoms with Gasteiger partial charge < -0.3 is 23.7 Å². The van der Waals surface area contributed by atoms with E-state index < -0.39 is 0 Å². The van der Waals surface area contributed by atoms with Gasteiger partial charge in [-0.15, -0.1) is 0 Å². The predicted octanol–water partition coefficient (Wildman–Crippen LogP) is 3.54. The molecule has 0 aliphatic carbocycles. The average molecular weight is 506 g/mol. The molecule has 1 atom stereocenters. The summed E-state index contributed by atoms with van der Waals surface area (Å²) in [5.74, 6) is 1.13. The first kappa shape index (κ1) is 25.1. The van der Waals surface area contributed by atoms with Crippen molar-refractivity contribution in [3.63, 3.8) is 0 Å². The van der Waals surface area contributed by atoms with E-state index in [4.69, 9.17) is 9.47 Å². The minimum atomic E-state index is -0.218. The number of imidazole rings is 1. The number of piperazine rings is 1. The summed E-state index contributed by atoms with van der Waals surface area (Å²) in [6.07, 6.45) is 5.51. The Labute approximate surface area is 217 Å². The molecule has 5 rings (SSSR count). The minimum Gasteiger partial charge on any atom is -0.493 e. The van der Waals surface area contributed by atoms with Gasteiger partial charge in [0, 0.05) is 64.1 Å². The number of benzene rings is 1. The SMILES string of the molecule is CCOC(=O)N1CCN(Cc2ccc(OC[C@@H]3CCCN(C(=O)c4cn5ccccc5n4)C3)cc2)CC1. The van der Waals surface area contributed by atoms with Crippen LogP contribution in [-0.4, -0.2) is 88.6 Å². The maximum absolute atomic E-state index is 13.1. The summed E-state index contributed by atoms with van der Waals surface area (Å²) in [5, 5.41) is 0. The van der Waals surface area contributed by atoms with Crippen LogP contribution in [0.4, 0.5) is 4.79 Å². The molecule has 0 spiro atoms. The molecule has 0 saturated carbocycles. The monoisotopic (exact) mass is 505 g/mol. The Morgan fingerprint density at radius 3 is 2.57 bits per heavy atom. The van der Waals surface area contributed by atoms with Crippen LogP contribution < -0.4 is 4.74 Å². The van der Waals surface area contributed by atoms with E-state index in [2.05, 4.69) is 22.0 Å². The van der Waals surface area contributed by atoms with Crippen LogP contribution in [0.3, 0.4) is 0 Å². The van der Waals surface area contributed by atoms with Gasteiger partial charge in [0.05, 0.1) is 13.2 Å². The van der Waals surface area contributed by atoms with Crippen LogP contribution in [0.15, 0.2) is 54.9 Å². The highest BCUT2D eigenvalue weighted by Gasteiger charge is 2.26. The van der Waals surface area contributed by atoms with Gasteiger partial charge in [-0.2, -0.15) is 0 Å². The van der Waals surface area contributed by atoms with E-state index in [1.165, 1.54) is 5.56 Å². The molecule has 0 bridgehead atoms. The van der Waals surface area contributed by atoms with E-state index in [1.807, 2.05) is 52.8 Å². The summed E-state index contributed by atoms with van der Waals surface area (Å²) >= 11 is 0. The van der Waals surface area contributed by atoms with Gasteiger partial charge >= 0.3 is 6.09 Å². The van der Waals surface area contributed by atoms with Crippen molar-refractivity contribution in [1.82, 2.24) is 24.1 Å². The van der Waals surface area contributed by atoms with Crippen molar-refractivity contribution in [3.8, 4) is 5.75 Å². The Kier molecular flexibility index (Phi) is 7.89. The van der Waals surface area contributed by atoms with Gasteiger partial charge in [0.1, 0.15) is 17.1 Å². The van der Waals surface area contributed by atoms with Crippen LogP contribution in [-0.2, 0) is 11.3 Å². The number of hydrogen-bond acceptors (Lipinski definition) is 6. The van der Waals surface area contributed by atoms with Crippen LogP contribution in [0.5, 0.6) is 5.75 Å². The number of aromatic nitrogens is 2. The molecule has 0 unspecified atom stereocenters. The van der Waals surface area contributed by atoms with E-state index in [9.17, 15) is 9.59 Å². The Bertz CT molecular complexity index is 1170. The van der Waals surface area contributed by atoms with Crippen LogP contribution in [0.2, 0.25) is 0 Å². The standard InChI is InChI=1S/C28H35N5O4/c1-2-36-28(35)31-16-14-30(15-17-31)18-22-8-10-24(11-9-22)37-21-23-6-5-13-33(19-23)27(34)25-20-32-12-4-3-7-26(32)29-25/h3-4,7-12,20,23H,2,5-6,13-19,21H2,1H3/t23-/m1/s1. The predicted molar refractivity (Wildman–Crippen MR) is 140 cm³/mol. The molecule has 196 valence electrons. The summed E-state index contributed by atoms with van der Waals surface area (Å²) in [7, 11) is 0. The number of piperidine rings is 1. The van der Waals surface area contributed by atoms with Crippen LogP contribution in [0.1, 0.15) is 35.8 Å². The second-order valence-corrected chi connectivity index (χ2v) is 9.77. The number of likely N-dealkylation sites (tertiary alicyclic amines) is 1. The number of carbonyl (C=O) groups is 2. The quantitative estimate of drug-likeness (QED) is 0.489. The highest BCUT2D eigenvalue weighted by molar-refractivity contribution is 5.93. The third-order valence-electron chi connectivity index (χ3n) is 7.10. The summed E-state index contributed by atoms with van der Waals surface area (Å²) in [5.41, 5.74) is 2.50. The fourth-order valence-corrected chi connectivity index (χ4v) is 5.05. The van der Waals surface area contributed by atoms with Crippen molar-refractivity contribution in [2.24, 2.45) is 5.92 Å². The molecule has 9 heteroatoms. The topological polar surface area (TPSA) is 79.6 Å². The van der Waals surface area contributed by atoms with Gasteiger partial charge in [-0.05, 0) is 49.6 Å². The van der Waals surface area contributed by atoms with Crippen molar-refractivity contribution in [1.29, 1.82) is 0 Å². The summed E-state index contributed by atoms with van der Waals surface area (Å²) in [6.45, 7) is 8.17. The van der Waals surface area contributed by atoms with Gasteiger partial charge in [-0.1, -0.05) is 18.2 Å². The molecule has 9 nitrogen and oxygen atoms in total. The molecular weight excluding hydrogens is 470 g/mol. The zero-order valence-corrected chi connectivity index (χ0v) is 21.4. The van der Waals surface area contributed by atoms with Gasteiger partial charge in [-0.25, -0.2) is 9.78 Å². The lowest BCUT2D eigenvalue weighted by atomic mass is 9.98. The number of amides is 2. The number of ether oxygens (including phenoxy) is 2. The van der Waals surface area contributed by atoms with Gasteiger partial charge in [0.15, 0.2) is 0 Å². The van der Waals surface area contributed by atoms with E-state index in [0.717, 1.165) is 50.4 Å². The lowest BCUT2D eigenvalue weighted by Gasteiger charge is -2.34. The molecule has 37 heavy (non-hydrogen) atoms. The highest BCUT2D eigenvalue weighted by atomic mass is 16.6. The lowest BCUT2D eigenvalue weighted by molar-refractivity contribution is 0.0628. The summed E-state index contributed by atoms with van der Waals surface area (Å²) in [6, 6.07) is 14.0. The van der Waals surface area contributed by atoms with Crippen LogP contribution in [0, 0.1) is 5.92 Å². The number of rotatable bonds is 7. The number of pyridine rings is 1. The fourth-order valence-electron chi connectivity index (χ4n) is 5.05. The molecule has 2 aliphatic rings. The third kappa shape index (κ3) is 6.22. The molecule has 2 amide bonds. The molecular formula is C28H35N5O4. The fraction of sp³-hybridized carbons (Fsp3) is 0.464. The summed E-state index contributed by atoms with van der Waals surface area (Å²) < 4.78 is 13.1. The number of nitrogens with zero attached hydrogens (tertiary/aromatic N) is 5. The molecule has 4 heterocycles. The zero-order valence-electron chi connectivity index (χ0n) is 21.4. The van der Waals surface area contributed by atoms with Crippen molar-refractivity contribution >= 4 is 17.6 Å². The van der Waals surface area contributed by atoms with Gasteiger partial charge in [-0.3, -0.25) is 9.69 Å². The molecule has 2 aliphatic heterocycles. The molecule has 1 aromatic carbocycles. The second kappa shape index (κ2) is 11.6. The summed E-state index contributed by atoms with van der Waals surface area (Å²) in [4.78, 5) is 35.4. The largest absolute Gasteiger partial charge is 0.493 e. The van der Waals surface area contributed by atoms with Crippen LogP contribution in [0.25, 0.3) is 5.65 Å². The first-order valence-corrected chi connectivity index (χ1v) is 13.2. The normalized spacial score (nSPS) is 18.7. The van der Waals surface area contributed by atoms with Crippen molar-refractivity contribution in [2.45, 2.75) is 26.3 Å². The highest BCUT2D eigenvalue weighted by Crippen LogP contribution is 2.21. The third-order valence-corrected chi connectivity index (χ3v) is 7.10. The zero-order chi connectivity index (χ0) is 25.6. The molecule has 0 radical (unpaired) electrons. The van der Waals surface area contributed by atoms with Crippen LogP contribution >= 0.6 is 0 Å². The van der Waals surface area contributed by atoms with E-state index in [0.29, 0.717) is 44.5 Å². The van der Waals surface area contributed by atoms with Gasteiger partial charge in [0.25, 0.3) is 5.91 Å². The van der Waals surface area contributed by atoms with E-state index in [-0.39, 0.29) is 12.0 Å². The first-order chi connectivity index (χ1) is 18.1. The molecule has 2 fully saturated rings. The Morgan fingerprint density at radius 1 is 1.00 bits per heavy atom. The Morgan fingerprint density at radius 2 is 1.81 bits per heavy atom. The van der Waals surface area contributed by atoms with E-state index >= 15 is 0 Å². The Balaban J connectivity index is 1.08. The lowest BCUT2D eigenvalue weighted by Crippen LogP contribution is -2.48. The smallest absolute Gasteiger partial charge is 0.409 e. The van der Waals surface area contributed by atoms with Gasteiger partial charge in [0.2, 0.25) is 0 Å². The first-order valence-electron chi connectivity index (χ1n) is 13.2. The van der Waals surface area contributed by atoms with Crippen molar-refractivity contribution < 1.29 is 19.1 Å². The Hall–Kier alpha value is -3.59. The minimum absolute atomic E-state index is 0.0131. The average Bonchev–Trinajstić information content (AvgIpc) is 3.37. The number of carbonyl (C=O) groups excluding carboxylic acids is 2. The second-order valence-electron chi connectivity index (χ2n) is 9.77. The maximum atomic E-state index is 13.1. The molecule has 2 saturated heterocycles. The molecule has 2 aromatic heterocycles. The molecule has 0 N–H and O–H groups in total. The maximum Gasteiger partial charge on any atom is 0.409 e. The van der Waals surface area contributed by atoms with Crippen molar-refractivity contribution in [2.75, 3.05) is 52.5 Å². The molecule has 3 aromatic rings. The van der Waals surface area contributed by atoms with Crippen molar-refractivity contribution in [3.05, 3.63) is 66.1 Å². The number of fused-ring (bicyclic) bond motifs is 1. The van der Waals surface area contributed by atoms with E-state index in [1.54, 1.807) is 11.1 Å². The number of hydrogen-bond donors (Lipinski definition) is 0.